The number of carbonyl (C=O) groups is 1. The van der Waals surface area contributed by atoms with Crippen LogP contribution in [0.15, 0.2) is 53.4 Å². The molecule has 21 heavy (non-hydrogen) atoms. The molecule has 0 bridgehead atoms. The Morgan fingerprint density at radius 2 is 1.71 bits per heavy atom. The van der Waals surface area contributed by atoms with Crippen molar-refractivity contribution in [2.45, 2.75) is 10.6 Å². The molecule has 0 aliphatic rings. The van der Waals surface area contributed by atoms with Crippen LogP contribution in [0.3, 0.4) is 0 Å². The van der Waals surface area contributed by atoms with E-state index in [4.69, 9.17) is 11.0 Å². The molecule has 0 aliphatic heterocycles. The third-order valence-electron chi connectivity index (χ3n) is 2.94. The molecule has 2 N–H and O–H groups in total. The highest BCUT2D eigenvalue weighted by molar-refractivity contribution is 7.90. The Balaban J connectivity index is 2.34. The summed E-state index contributed by atoms with van der Waals surface area (Å²) < 4.78 is 24.7. The minimum Gasteiger partial charge on any atom is -0.366 e. The van der Waals surface area contributed by atoms with Gasteiger partial charge in [0, 0.05) is 5.56 Å². The molecule has 0 fully saturated rings. The van der Waals surface area contributed by atoms with Gasteiger partial charge in [0.05, 0.1) is 16.2 Å². The van der Waals surface area contributed by atoms with Crippen LogP contribution >= 0.6 is 0 Å². The lowest BCUT2D eigenvalue weighted by molar-refractivity contribution is 0.100. The molecule has 2 aromatic rings. The van der Waals surface area contributed by atoms with Crippen LogP contribution in [0.25, 0.3) is 0 Å². The number of rotatable bonds is 4. The number of nitrogens with zero attached hydrogens (tertiary/aromatic N) is 1. The minimum atomic E-state index is -3.63. The van der Waals surface area contributed by atoms with Crippen LogP contribution < -0.4 is 5.73 Å². The topological polar surface area (TPSA) is 101 Å². The smallest absolute Gasteiger partial charge is 0.248 e. The first kappa shape index (κ1) is 14.8. The van der Waals surface area contributed by atoms with Crippen molar-refractivity contribution in [3.63, 3.8) is 0 Å². The maximum atomic E-state index is 12.4. The summed E-state index contributed by atoms with van der Waals surface area (Å²) in [5, 5.41) is 8.98. The Morgan fingerprint density at radius 1 is 1.10 bits per heavy atom. The van der Waals surface area contributed by atoms with Crippen LogP contribution in [0.1, 0.15) is 21.5 Å². The van der Waals surface area contributed by atoms with Gasteiger partial charge in [0.25, 0.3) is 0 Å². The molecule has 106 valence electrons. The molecule has 0 aromatic heterocycles. The molecule has 2 aromatic carbocycles. The molecule has 2 rings (SSSR count). The standard InChI is InChI=1S/C15H12N2O3S/c16-9-13-3-1-2-4-14(13)21(19,20)10-11-5-7-12(8-6-11)15(17)18/h1-8H,10H2,(H2,17,18). The Labute approximate surface area is 122 Å². The van der Waals surface area contributed by atoms with Crippen LogP contribution in [-0.2, 0) is 15.6 Å². The quantitative estimate of drug-likeness (QED) is 0.927. The summed E-state index contributed by atoms with van der Waals surface area (Å²) in [5.74, 6) is -0.815. The number of hydrogen-bond donors (Lipinski definition) is 1. The summed E-state index contributed by atoms with van der Waals surface area (Å²) in [6, 6.07) is 13.9. The van der Waals surface area contributed by atoms with Gasteiger partial charge < -0.3 is 5.73 Å². The number of benzene rings is 2. The van der Waals surface area contributed by atoms with Gasteiger partial charge in [-0.2, -0.15) is 5.26 Å². The van der Waals surface area contributed by atoms with E-state index in [1.165, 1.54) is 36.4 Å². The lowest BCUT2D eigenvalue weighted by Crippen LogP contribution is -2.11. The number of nitriles is 1. The largest absolute Gasteiger partial charge is 0.366 e. The van der Waals surface area contributed by atoms with E-state index in [1.54, 1.807) is 12.1 Å². The first-order valence-corrected chi connectivity index (χ1v) is 7.70. The average molecular weight is 300 g/mol. The van der Waals surface area contributed by atoms with Gasteiger partial charge in [-0.1, -0.05) is 24.3 Å². The van der Waals surface area contributed by atoms with Crippen LogP contribution in [0.2, 0.25) is 0 Å². The monoisotopic (exact) mass is 300 g/mol. The van der Waals surface area contributed by atoms with E-state index in [2.05, 4.69) is 0 Å². The van der Waals surface area contributed by atoms with Crippen molar-refractivity contribution < 1.29 is 13.2 Å². The molecule has 0 radical (unpaired) electrons. The van der Waals surface area contributed by atoms with E-state index < -0.39 is 15.7 Å². The fraction of sp³-hybridized carbons (Fsp3) is 0.0667. The minimum absolute atomic E-state index is 0.00600. The maximum Gasteiger partial charge on any atom is 0.248 e. The van der Waals surface area contributed by atoms with Gasteiger partial charge in [0.2, 0.25) is 5.91 Å². The second-order valence-corrected chi connectivity index (χ2v) is 6.39. The molecular formula is C15H12N2O3S. The molecule has 0 heterocycles. The highest BCUT2D eigenvalue weighted by Gasteiger charge is 2.19. The van der Waals surface area contributed by atoms with Crippen molar-refractivity contribution in [2.75, 3.05) is 0 Å². The van der Waals surface area contributed by atoms with E-state index in [1.807, 2.05) is 6.07 Å². The molecule has 0 saturated carbocycles. The zero-order chi connectivity index (χ0) is 15.5. The van der Waals surface area contributed by atoms with Crippen molar-refractivity contribution in [1.82, 2.24) is 0 Å². The number of nitrogens with two attached hydrogens (primary N) is 1. The fourth-order valence-corrected chi connectivity index (χ4v) is 3.41. The van der Waals surface area contributed by atoms with E-state index >= 15 is 0 Å². The molecule has 0 saturated heterocycles. The van der Waals surface area contributed by atoms with Gasteiger partial charge in [0.1, 0.15) is 6.07 Å². The lowest BCUT2D eigenvalue weighted by atomic mass is 10.1. The predicted octanol–water partition coefficient (Wildman–Crippen LogP) is 1.63. The zero-order valence-corrected chi connectivity index (χ0v) is 11.8. The van der Waals surface area contributed by atoms with Crippen molar-refractivity contribution in [2.24, 2.45) is 5.73 Å². The summed E-state index contributed by atoms with van der Waals surface area (Å²) in [6.07, 6.45) is 0. The SMILES string of the molecule is N#Cc1ccccc1S(=O)(=O)Cc1ccc(C(N)=O)cc1. The van der Waals surface area contributed by atoms with Gasteiger partial charge in [-0.15, -0.1) is 0 Å². The second kappa shape index (κ2) is 5.77. The van der Waals surface area contributed by atoms with Gasteiger partial charge in [-0.05, 0) is 29.8 Å². The number of amides is 1. The highest BCUT2D eigenvalue weighted by Crippen LogP contribution is 2.20. The van der Waals surface area contributed by atoms with Crippen molar-refractivity contribution >= 4 is 15.7 Å². The Morgan fingerprint density at radius 3 is 2.29 bits per heavy atom. The van der Waals surface area contributed by atoms with E-state index in [-0.39, 0.29) is 16.2 Å². The summed E-state index contributed by atoms with van der Waals surface area (Å²) in [5.41, 5.74) is 6.08. The number of carbonyl (C=O) groups excluding carboxylic acids is 1. The summed E-state index contributed by atoms with van der Waals surface area (Å²) >= 11 is 0. The fourth-order valence-electron chi connectivity index (χ4n) is 1.89. The van der Waals surface area contributed by atoms with Gasteiger partial charge in [0.15, 0.2) is 9.84 Å². The van der Waals surface area contributed by atoms with Gasteiger partial charge in [-0.25, -0.2) is 8.42 Å². The molecule has 6 heteroatoms. The van der Waals surface area contributed by atoms with E-state index in [0.717, 1.165) is 0 Å². The van der Waals surface area contributed by atoms with Crippen LogP contribution in [0, 0.1) is 11.3 Å². The third-order valence-corrected chi connectivity index (χ3v) is 4.68. The van der Waals surface area contributed by atoms with Gasteiger partial charge >= 0.3 is 0 Å². The Hall–Kier alpha value is -2.65. The lowest BCUT2D eigenvalue weighted by Gasteiger charge is -2.06. The maximum absolute atomic E-state index is 12.4. The van der Waals surface area contributed by atoms with Gasteiger partial charge in [-0.3, -0.25) is 4.79 Å². The third kappa shape index (κ3) is 3.27. The molecule has 0 spiro atoms. The number of hydrogen-bond acceptors (Lipinski definition) is 4. The van der Waals surface area contributed by atoms with Crippen molar-refractivity contribution in [3.05, 3.63) is 65.2 Å². The predicted molar refractivity (Wildman–Crippen MR) is 77.0 cm³/mol. The molecule has 0 unspecified atom stereocenters. The van der Waals surface area contributed by atoms with Crippen LogP contribution in [0.4, 0.5) is 0 Å². The highest BCUT2D eigenvalue weighted by atomic mass is 32.2. The number of sulfone groups is 1. The Bertz CT molecular complexity index is 819. The summed E-state index contributed by atoms with van der Waals surface area (Å²) in [6.45, 7) is 0. The van der Waals surface area contributed by atoms with E-state index in [0.29, 0.717) is 11.1 Å². The molecule has 1 amide bonds. The molecule has 5 nitrogen and oxygen atoms in total. The average Bonchev–Trinajstić information content (AvgIpc) is 2.47. The molecule has 0 atom stereocenters. The molecule has 0 aliphatic carbocycles. The Kier molecular flexibility index (Phi) is 4.05. The first-order valence-electron chi connectivity index (χ1n) is 6.04. The normalized spacial score (nSPS) is 10.8. The van der Waals surface area contributed by atoms with Crippen molar-refractivity contribution in [1.29, 1.82) is 5.26 Å². The summed E-state index contributed by atoms with van der Waals surface area (Å²) in [4.78, 5) is 11.0. The first-order chi connectivity index (χ1) is 9.94. The van der Waals surface area contributed by atoms with E-state index in [9.17, 15) is 13.2 Å². The van der Waals surface area contributed by atoms with Crippen LogP contribution in [-0.4, -0.2) is 14.3 Å². The summed E-state index contributed by atoms with van der Waals surface area (Å²) in [7, 11) is -3.63. The number of primary amides is 1. The van der Waals surface area contributed by atoms with Crippen molar-refractivity contribution in [3.8, 4) is 6.07 Å². The molecular weight excluding hydrogens is 288 g/mol. The zero-order valence-electron chi connectivity index (χ0n) is 11.0. The second-order valence-electron chi connectivity index (χ2n) is 4.43. The van der Waals surface area contributed by atoms with Crippen LogP contribution in [0.5, 0.6) is 0 Å².